The summed E-state index contributed by atoms with van der Waals surface area (Å²) in [5.74, 6) is 0. The fourth-order valence-corrected chi connectivity index (χ4v) is 1.34. The second-order valence-corrected chi connectivity index (χ2v) is 3.52. The van der Waals surface area contributed by atoms with Crippen LogP contribution in [-0.2, 0) is 4.74 Å². The van der Waals surface area contributed by atoms with Gasteiger partial charge in [0.2, 0.25) is 0 Å². The highest BCUT2D eigenvalue weighted by atomic mass is 31.0. The molecule has 0 aliphatic heterocycles. The third-order valence-corrected chi connectivity index (χ3v) is 2.36. The molecule has 0 rings (SSSR count). The van der Waals surface area contributed by atoms with Crippen LogP contribution >= 0.6 is 9.39 Å². The van der Waals surface area contributed by atoms with Gasteiger partial charge in [-0.1, -0.05) is 22.7 Å². The van der Waals surface area contributed by atoms with E-state index in [9.17, 15) is 0 Å². The average molecular weight is 177 g/mol. The van der Waals surface area contributed by atoms with Crippen LogP contribution in [0.25, 0.3) is 0 Å². The molecule has 2 atom stereocenters. The van der Waals surface area contributed by atoms with Crippen molar-refractivity contribution in [1.29, 1.82) is 0 Å². The smallest absolute Gasteiger partial charge is 0.0662 e. The summed E-state index contributed by atoms with van der Waals surface area (Å²) >= 11 is 0. The summed E-state index contributed by atoms with van der Waals surface area (Å²) in [6.45, 7) is 5.35. The molecule has 0 aromatic rings. The molecule has 0 bridgehead atoms. The van der Waals surface area contributed by atoms with E-state index in [0.717, 1.165) is 19.4 Å². The molecule has 0 spiro atoms. The molecule has 0 amide bonds. The quantitative estimate of drug-likeness (QED) is 0.626. The number of methoxy groups -OCH3 is 1. The first-order valence-electron chi connectivity index (χ1n) is 4.17. The highest BCUT2D eigenvalue weighted by Crippen LogP contribution is 2.20. The molecule has 2 nitrogen and oxygen atoms in total. The Morgan fingerprint density at radius 3 is 2.45 bits per heavy atom. The Hall–Kier alpha value is 0.350. The van der Waals surface area contributed by atoms with Gasteiger partial charge in [-0.15, -0.1) is 0 Å². The van der Waals surface area contributed by atoms with Gasteiger partial charge in [-0.05, 0) is 19.8 Å². The Labute approximate surface area is 72.3 Å². The minimum atomic E-state index is 0.0678. The summed E-state index contributed by atoms with van der Waals surface area (Å²) in [5, 5.41) is 3.05. The van der Waals surface area contributed by atoms with Crippen molar-refractivity contribution in [3.05, 3.63) is 0 Å². The molecule has 3 heteroatoms. The maximum atomic E-state index is 5.43. The molecule has 0 aliphatic rings. The molecule has 0 saturated carbocycles. The Balaban J connectivity index is 3.68. The van der Waals surface area contributed by atoms with Crippen molar-refractivity contribution >= 4 is 9.39 Å². The molecule has 0 radical (unpaired) electrons. The predicted molar refractivity (Wildman–Crippen MR) is 52.7 cm³/mol. The molecule has 0 fully saturated rings. The standard InChI is InChI=1S/C8H20NOP/c1-4-5-8(2,10-3)6-7-9-11/h9H,4-7,11H2,1-3H3. The molecule has 11 heavy (non-hydrogen) atoms. The van der Waals surface area contributed by atoms with Gasteiger partial charge in [0.05, 0.1) is 5.60 Å². The van der Waals surface area contributed by atoms with E-state index in [1.807, 2.05) is 0 Å². The third kappa shape index (κ3) is 4.73. The van der Waals surface area contributed by atoms with Gasteiger partial charge in [0, 0.05) is 13.7 Å². The Morgan fingerprint density at radius 2 is 2.09 bits per heavy atom. The third-order valence-electron chi connectivity index (χ3n) is 2.07. The Bertz CT molecular complexity index is 100. The first kappa shape index (κ1) is 11.4. The lowest BCUT2D eigenvalue weighted by Crippen LogP contribution is -2.30. The highest BCUT2D eigenvalue weighted by Gasteiger charge is 2.20. The van der Waals surface area contributed by atoms with Crippen LogP contribution in [0.3, 0.4) is 0 Å². The van der Waals surface area contributed by atoms with Gasteiger partial charge in [0.15, 0.2) is 0 Å². The molecule has 0 saturated heterocycles. The zero-order valence-electron chi connectivity index (χ0n) is 7.81. The summed E-state index contributed by atoms with van der Waals surface area (Å²) in [7, 11) is 4.30. The second-order valence-electron chi connectivity index (χ2n) is 3.11. The van der Waals surface area contributed by atoms with Crippen molar-refractivity contribution in [2.24, 2.45) is 0 Å². The van der Waals surface area contributed by atoms with E-state index < -0.39 is 0 Å². The van der Waals surface area contributed by atoms with Crippen LogP contribution in [0.15, 0.2) is 0 Å². The van der Waals surface area contributed by atoms with Gasteiger partial charge in [-0.3, -0.25) is 0 Å². The largest absolute Gasteiger partial charge is 0.378 e. The molecule has 1 N–H and O–H groups in total. The second kappa shape index (κ2) is 5.93. The topological polar surface area (TPSA) is 21.3 Å². The minimum Gasteiger partial charge on any atom is -0.378 e. The van der Waals surface area contributed by atoms with E-state index in [0.29, 0.717) is 0 Å². The van der Waals surface area contributed by atoms with Crippen LogP contribution in [-0.4, -0.2) is 19.3 Å². The van der Waals surface area contributed by atoms with E-state index >= 15 is 0 Å². The van der Waals surface area contributed by atoms with Gasteiger partial charge >= 0.3 is 0 Å². The molecule has 0 aliphatic carbocycles. The molecule has 0 aromatic heterocycles. The van der Waals surface area contributed by atoms with E-state index in [1.54, 1.807) is 7.11 Å². The first-order valence-corrected chi connectivity index (χ1v) is 4.75. The number of hydrogen-bond donors (Lipinski definition) is 1. The van der Waals surface area contributed by atoms with Crippen LogP contribution in [0.1, 0.15) is 33.1 Å². The lowest BCUT2D eigenvalue weighted by Gasteiger charge is -2.27. The monoisotopic (exact) mass is 177 g/mol. The van der Waals surface area contributed by atoms with Crippen molar-refractivity contribution < 1.29 is 4.74 Å². The zero-order valence-corrected chi connectivity index (χ0v) is 8.97. The SMILES string of the molecule is CCCC(C)(CCNP)OC. The zero-order chi connectivity index (χ0) is 8.74. The van der Waals surface area contributed by atoms with E-state index in [1.165, 1.54) is 6.42 Å². The number of hydrogen-bond acceptors (Lipinski definition) is 2. The molecule has 0 heterocycles. The van der Waals surface area contributed by atoms with Gasteiger partial charge in [-0.25, -0.2) is 0 Å². The van der Waals surface area contributed by atoms with E-state index in [-0.39, 0.29) is 5.60 Å². The molecule has 68 valence electrons. The first-order chi connectivity index (χ1) is 5.18. The normalized spacial score (nSPS) is 16.4. The maximum Gasteiger partial charge on any atom is 0.0662 e. The van der Waals surface area contributed by atoms with Crippen LogP contribution in [0.5, 0.6) is 0 Å². The number of nitrogens with one attached hydrogen (secondary N) is 1. The van der Waals surface area contributed by atoms with E-state index in [2.05, 4.69) is 28.3 Å². The van der Waals surface area contributed by atoms with Gasteiger partial charge in [0.25, 0.3) is 0 Å². The fraction of sp³-hybridized carbons (Fsp3) is 1.00. The van der Waals surface area contributed by atoms with Crippen molar-refractivity contribution in [2.75, 3.05) is 13.7 Å². The highest BCUT2D eigenvalue weighted by molar-refractivity contribution is 7.13. The molecule has 0 aromatic carbocycles. The molecular formula is C8H20NOP. The Morgan fingerprint density at radius 1 is 1.45 bits per heavy atom. The summed E-state index contributed by atoms with van der Waals surface area (Å²) in [6.07, 6.45) is 3.39. The van der Waals surface area contributed by atoms with Crippen molar-refractivity contribution in [2.45, 2.75) is 38.7 Å². The molecule has 2 unspecified atom stereocenters. The summed E-state index contributed by atoms with van der Waals surface area (Å²) in [6, 6.07) is 0. The van der Waals surface area contributed by atoms with Crippen LogP contribution < -0.4 is 5.09 Å². The van der Waals surface area contributed by atoms with Crippen LogP contribution in [0, 0.1) is 0 Å². The maximum absolute atomic E-state index is 5.43. The molecular weight excluding hydrogens is 157 g/mol. The van der Waals surface area contributed by atoms with E-state index in [4.69, 9.17) is 4.74 Å². The fourth-order valence-electron chi connectivity index (χ4n) is 1.19. The average Bonchev–Trinajstić information content (AvgIpc) is 2.02. The Kier molecular flexibility index (Phi) is 6.12. The van der Waals surface area contributed by atoms with Gasteiger partial charge < -0.3 is 9.82 Å². The van der Waals surface area contributed by atoms with Crippen molar-refractivity contribution in [3.8, 4) is 0 Å². The van der Waals surface area contributed by atoms with Crippen LogP contribution in [0.2, 0.25) is 0 Å². The van der Waals surface area contributed by atoms with Gasteiger partial charge in [-0.2, -0.15) is 0 Å². The summed E-state index contributed by atoms with van der Waals surface area (Å²) in [5.41, 5.74) is 0.0678. The number of rotatable bonds is 6. The van der Waals surface area contributed by atoms with Crippen molar-refractivity contribution in [3.63, 3.8) is 0 Å². The van der Waals surface area contributed by atoms with Crippen molar-refractivity contribution in [1.82, 2.24) is 5.09 Å². The lowest BCUT2D eigenvalue weighted by molar-refractivity contribution is -0.00719. The number of ether oxygens (including phenoxy) is 1. The van der Waals surface area contributed by atoms with Gasteiger partial charge in [0.1, 0.15) is 0 Å². The summed E-state index contributed by atoms with van der Waals surface area (Å²) in [4.78, 5) is 0. The minimum absolute atomic E-state index is 0.0678. The predicted octanol–water partition coefficient (Wildman–Crippen LogP) is 1.96. The lowest BCUT2D eigenvalue weighted by atomic mass is 9.96. The van der Waals surface area contributed by atoms with Crippen LogP contribution in [0.4, 0.5) is 0 Å². The summed E-state index contributed by atoms with van der Waals surface area (Å²) < 4.78 is 5.43.